The van der Waals surface area contributed by atoms with E-state index in [9.17, 15) is 14.4 Å². The highest BCUT2D eigenvalue weighted by atomic mass is 35.5. The number of benzene rings is 2. The lowest BCUT2D eigenvalue weighted by Gasteiger charge is -2.11. The van der Waals surface area contributed by atoms with Crippen LogP contribution in [0.4, 0.5) is 5.69 Å². The number of hydrogen-bond acceptors (Lipinski definition) is 4. The Morgan fingerprint density at radius 3 is 2.13 bits per heavy atom. The summed E-state index contributed by atoms with van der Waals surface area (Å²) in [4.78, 5) is 35.9. The van der Waals surface area contributed by atoms with Crippen LogP contribution in [0.15, 0.2) is 36.4 Å². The largest absolute Gasteiger partial charge is 0.484 e. The van der Waals surface area contributed by atoms with Gasteiger partial charge in [-0.2, -0.15) is 0 Å². The first-order valence-corrected chi connectivity index (χ1v) is 9.92. The van der Waals surface area contributed by atoms with Gasteiger partial charge < -0.3 is 10.1 Å². The summed E-state index contributed by atoms with van der Waals surface area (Å²) in [6.07, 6.45) is 0.422. The fraction of sp³-hybridized carbons (Fsp3) is 0.318. The summed E-state index contributed by atoms with van der Waals surface area (Å²) >= 11 is 6.11. The Labute approximate surface area is 181 Å². The van der Waals surface area contributed by atoms with Crippen LogP contribution >= 0.6 is 11.6 Å². The molecule has 0 aromatic heterocycles. The molecular formula is C22H26ClN3O4. The molecule has 0 saturated carbocycles. The van der Waals surface area contributed by atoms with Gasteiger partial charge >= 0.3 is 0 Å². The first-order chi connectivity index (χ1) is 14.2. The molecule has 0 aliphatic carbocycles. The monoisotopic (exact) mass is 431 g/mol. The van der Waals surface area contributed by atoms with Gasteiger partial charge in [0.1, 0.15) is 5.75 Å². The van der Waals surface area contributed by atoms with Crippen molar-refractivity contribution in [1.29, 1.82) is 0 Å². The highest BCUT2D eigenvalue weighted by molar-refractivity contribution is 6.32. The van der Waals surface area contributed by atoms with Crippen LogP contribution in [-0.2, 0) is 9.59 Å². The minimum Gasteiger partial charge on any atom is -0.484 e. The van der Waals surface area contributed by atoms with Gasteiger partial charge in [-0.25, -0.2) is 0 Å². The minimum atomic E-state index is -0.508. The van der Waals surface area contributed by atoms with Gasteiger partial charge in [0, 0.05) is 22.7 Å². The van der Waals surface area contributed by atoms with Gasteiger partial charge in [-0.15, -0.1) is 0 Å². The fourth-order valence-electron chi connectivity index (χ4n) is 2.66. The molecule has 0 heterocycles. The molecule has 0 atom stereocenters. The van der Waals surface area contributed by atoms with Gasteiger partial charge in [-0.05, 0) is 67.3 Å². The third kappa shape index (κ3) is 7.08. The lowest BCUT2D eigenvalue weighted by atomic mass is 10.1. The van der Waals surface area contributed by atoms with Crippen molar-refractivity contribution < 1.29 is 19.1 Å². The van der Waals surface area contributed by atoms with Crippen molar-refractivity contribution in [3.8, 4) is 5.75 Å². The van der Waals surface area contributed by atoms with E-state index in [0.29, 0.717) is 28.4 Å². The zero-order chi connectivity index (χ0) is 22.3. The normalized spacial score (nSPS) is 10.5. The number of carbonyl (C=O) groups is 3. The van der Waals surface area contributed by atoms with Gasteiger partial charge in [-0.3, -0.25) is 25.2 Å². The Hall–Kier alpha value is -3.06. The Morgan fingerprint density at radius 1 is 0.967 bits per heavy atom. The number of aryl methyl sites for hydroxylation is 2. The topological polar surface area (TPSA) is 96.5 Å². The number of ether oxygens (including phenoxy) is 1. The molecule has 0 bridgehead atoms. The molecule has 7 nitrogen and oxygen atoms in total. The number of nitrogens with one attached hydrogen (secondary N) is 3. The minimum absolute atomic E-state index is 0.0828. The summed E-state index contributed by atoms with van der Waals surface area (Å²) in [6.45, 7) is 7.36. The van der Waals surface area contributed by atoms with E-state index in [-0.39, 0.29) is 18.4 Å². The molecule has 160 valence electrons. The molecule has 2 aromatic rings. The number of rotatable bonds is 7. The average Bonchev–Trinajstić information content (AvgIpc) is 2.68. The number of hydrogen-bond donors (Lipinski definition) is 3. The molecule has 8 heteroatoms. The van der Waals surface area contributed by atoms with Crippen LogP contribution < -0.4 is 20.9 Å². The van der Waals surface area contributed by atoms with Gasteiger partial charge in [-0.1, -0.05) is 25.4 Å². The summed E-state index contributed by atoms with van der Waals surface area (Å²) in [5, 5.41) is 3.43. The smallest absolute Gasteiger partial charge is 0.276 e. The van der Waals surface area contributed by atoms with Crippen molar-refractivity contribution in [2.24, 2.45) is 5.92 Å². The van der Waals surface area contributed by atoms with Crippen molar-refractivity contribution in [3.63, 3.8) is 0 Å². The second-order valence-electron chi connectivity index (χ2n) is 7.39. The number of anilines is 1. The van der Waals surface area contributed by atoms with Crippen molar-refractivity contribution in [2.75, 3.05) is 11.9 Å². The van der Waals surface area contributed by atoms with E-state index < -0.39 is 11.8 Å². The van der Waals surface area contributed by atoms with Crippen molar-refractivity contribution >= 4 is 35.0 Å². The predicted molar refractivity (Wildman–Crippen MR) is 117 cm³/mol. The summed E-state index contributed by atoms with van der Waals surface area (Å²) in [5.74, 6) is -0.297. The first-order valence-electron chi connectivity index (χ1n) is 9.54. The van der Waals surface area contributed by atoms with Crippen LogP contribution in [-0.4, -0.2) is 24.3 Å². The van der Waals surface area contributed by atoms with Gasteiger partial charge in [0.15, 0.2) is 6.61 Å². The van der Waals surface area contributed by atoms with Crippen LogP contribution in [0, 0.1) is 19.8 Å². The molecule has 3 amide bonds. The van der Waals surface area contributed by atoms with Crippen LogP contribution in [0.3, 0.4) is 0 Å². The molecule has 0 saturated heterocycles. The predicted octanol–water partition coefficient (Wildman–Crippen LogP) is 3.78. The second kappa shape index (κ2) is 10.6. The van der Waals surface area contributed by atoms with E-state index >= 15 is 0 Å². The summed E-state index contributed by atoms with van der Waals surface area (Å²) in [5.41, 5.74) is 7.26. The molecule has 3 N–H and O–H groups in total. The van der Waals surface area contributed by atoms with E-state index in [1.54, 1.807) is 36.4 Å². The molecule has 0 radical (unpaired) electrons. The van der Waals surface area contributed by atoms with Crippen molar-refractivity contribution in [2.45, 2.75) is 34.1 Å². The zero-order valence-corrected chi connectivity index (χ0v) is 18.2. The Kier molecular flexibility index (Phi) is 8.24. The van der Waals surface area contributed by atoms with E-state index in [1.165, 1.54) is 0 Å². The molecular weight excluding hydrogens is 406 g/mol. The average molecular weight is 432 g/mol. The maximum absolute atomic E-state index is 12.2. The lowest BCUT2D eigenvalue weighted by Crippen LogP contribution is -2.43. The number of halogens is 1. The Balaban J connectivity index is 1.80. The highest BCUT2D eigenvalue weighted by Crippen LogP contribution is 2.25. The standard InChI is InChI=1S/C22H26ClN3O4/c1-13(2)9-19(27)24-17-7-5-16(6-8-17)22(29)26-25-20(28)12-30-18-10-14(3)21(23)15(4)11-18/h5-8,10-11,13H,9,12H2,1-4H3,(H,24,27)(H,25,28)(H,26,29). The SMILES string of the molecule is Cc1cc(OCC(=O)NNC(=O)c2ccc(NC(=O)CC(C)C)cc2)cc(C)c1Cl. The molecule has 0 fully saturated rings. The van der Waals surface area contributed by atoms with Crippen LogP contribution in [0.5, 0.6) is 5.75 Å². The molecule has 0 aliphatic heterocycles. The zero-order valence-electron chi connectivity index (χ0n) is 17.5. The quantitative estimate of drug-likeness (QED) is 0.581. The lowest BCUT2D eigenvalue weighted by molar-refractivity contribution is -0.123. The number of amides is 3. The number of hydrazine groups is 1. The van der Waals surface area contributed by atoms with E-state index in [2.05, 4.69) is 16.2 Å². The molecule has 30 heavy (non-hydrogen) atoms. The fourth-order valence-corrected chi connectivity index (χ4v) is 2.77. The van der Waals surface area contributed by atoms with Gasteiger partial charge in [0.25, 0.3) is 11.8 Å². The van der Waals surface area contributed by atoms with Crippen molar-refractivity contribution in [3.05, 3.63) is 58.1 Å². The molecule has 0 spiro atoms. The molecule has 0 unspecified atom stereocenters. The molecule has 2 aromatic carbocycles. The number of carbonyl (C=O) groups excluding carboxylic acids is 3. The van der Waals surface area contributed by atoms with E-state index in [4.69, 9.17) is 16.3 Å². The summed E-state index contributed by atoms with van der Waals surface area (Å²) < 4.78 is 5.44. The Bertz CT molecular complexity index is 903. The van der Waals surface area contributed by atoms with Crippen LogP contribution in [0.25, 0.3) is 0 Å². The Morgan fingerprint density at radius 2 is 1.57 bits per heavy atom. The summed E-state index contributed by atoms with van der Waals surface area (Å²) in [6, 6.07) is 9.85. The molecule has 2 rings (SSSR count). The van der Waals surface area contributed by atoms with Gasteiger partial charge in [0.05, 0.1) is 0 Å². The summed E-state index contributed by atoms with van der Waals surface area (Å²) in [7, 11) is 0. The van der Waals surface area contributed by atoms with Gasteiger partial charge in [0.2, 0.25) is 5.91 Å². The third-order valence-electron chi connectivity index (χ3n) is 4.12. The maximum Gasteiger partial charge on any atom is 0.276 e. The highest BCUT2D eigenvalue weighted by Gasteiger charge is 2.10. The van der Waals surface area contributed by atoms with Crippen LogP contribution in [0.1, 0.15) is 41.8 Å². The van der Waals surface area contributed by atoms with E-state index in [0.717, 1.165) is 11.1 Å². The van der Waals surface area contributed by atoms with E-state index in [1.807, 2.05) is 27.7 Å². The first kappa shape index (κ1) is 23.2. The third-order valence-corrected chi connectivity index (χ3v) is 4.72. The van der Waals surface area contributed by atoms with Crippen LogP contribution in [0.2, 0.25) is 5.02 Å². The maximum atomic E-state index is 12.2. The van der Waals surface area contributed by atoms with Crippen molar-refractivity contribution in [1.82, 2.24) is 10.9 Å². The molecule has 0 aliphatic rings. The second-order valence-corrected chi connectivity index (χ2v) is 7.76.